The first-order valence-electron chi connectivity index (χ1n) is 8.20. The SMILES string of the molecule is Clc1ccc(-c2nn(-c3cc(Cl)cc(Cl)c3)c3c2CCCCN3)cc1. The third-order valence-corrected chi connectivity index (χ3v) is 5.03. The van der Waals surface area contributed by atoms with Gasteiger partial charge in [-0.05, 0) is 49.6 Å². The van der Waals surface area contributed by atoms with Crippen LogP contribution < -0.4 is 5.32 Å². The molecular formula is C19H16Cl3N3. The van der Waals surface area contributed by atoms with Crippen molar-refractivity contribution in [3.8, 4) is 16.9 Å². The second-order valence-corrected chi connectivity index (χ2v) is 7.42. The Kier molecular flexibility index (Phi) is 4.63. The third-order valence-electron chi connectivity index (χ3n) is 4.34. The molecule has 1 N–H and O–H groups in total. The molecule has 1 aliphatic rings. The van der Waals surface area contributed by atoms with Gasteiger partial charge in [-0.3, -0.25) is 0 Å². The Morgan fingerprint density at radius 3 is 2.32 bits per heavy atom. The number of nitrogens with one attached hydrogen (secondary N) is 1. The number of aromatic nitrogens is 2. The number of hydrogen-bond acceptors (Lipinski definition) is 2. The Morgan fingerprint density at radius 2 is 1.60 bits per heavy atom. The largest absolute Gasteiger partial charge is 0.370 e. The van der Waals surface area contributed by atoms with Crippen LogP contribution in [0.4, 0.5) is 5.82 Å². The molecule has 0 saturated heterocycles. The highest BCUT2D eigenvalue weighted by Crippen LogP contribution is 2.35. The molecule has 0 fully saturated rings. The fourth-order valence-corrected chi connectivity index (χ4v) is 3.83. The zero-order valence-electron chi connectivity index (χ0n) is 13.4. The molecule has 128 valence electrons. The van der Waals surface area contributed by atoms with E-state index in [1.165, 1.54) is 5.56 Å². The van der Waals surface area contributed by atoms with Gasteiger partial charge in [0.2, 0.25) is 0 Å². The lowest BCUT2D eigenvalue weighted by molar-refractivity contribution is 0.780. The van der Waals surface area contributed by atoms with E-state index in [2.05, 4.69) is 5.32 Å². The van der Waals surface area contributed by atoms with Crippen molar-refractivity contribution in [1.82, 2.24) is 9.78 Å². The Balaban J connectivity index is 1.91. The van der Waals surface area contributed by atoms with Gasteiger partial charge in [0, 0.05) is 32.7 Å². The van der Waals surface area contributed by atoms with Gasteiger partial charge in [0.05, 0.1) is 11.4 Å². The van der Waals surface area contributed by atoms with Gasteiger partial charge >= 0.3 is 0 Å². The molecule has 0 unspecified atom stereocenters. The van der Waals surface area contributed by atoms with E-state index in [9.17, 15) is 0 Å². The van der Waals surface area contributed by atoms with Crippen LogP contribution in [0.1, 0.15) is 18.4 Å². The summed E-state index contributed by atoms with van der Waals surface area (Å²) >= 11 is 18.4. The summed E-state index contributed by atoms with van der Waals surface area (Å²) in [4.78, 5) is 0. The standard InChI is InChI=1S/C19H16Cl3N3/c20-13-6-4-12(5-7-13)18-17-3-1-2-8-23-19(17)25(24-18)16-10-14(21)9-15(22)11-16/h4-7,9-11,23H,1-3,8H2. The Bertz CT molecular complexity index is 896. The van der Waals surface area contributed by atoms with Crippen molar-refractivity contribution < 1.29 is 0 Å². The van der Waals surface area contributed by atoms with Crippen molar-refractivity contribution in [3.05, 3.63) is 63.1 Å². The molecule has 3 aromatic rings. The minimum absolute atomic E-state index is 0.591. The summed E-state index contributed by atoms with van der Waals surface area (Å²) in [6.07, 6.45) is 3.24. The Morgan fingerprint density at radius 1 is 0.880 bits per heavy atom. The van der Waals surface area contributed by atoms with Crippen molar-refractivity contribution in [2.24, 2.45) is 0 Å². The smallest absolute Gasteiger partial charge is 0.133 e. The zero-order chi connectivity index (χ0) is 17.4. The molecule has 0 atom stereocenters. The van der Waals surface area contributed by atoms with E-state index >= 15 is 0 Å². The molecule has 0 spiro atoms. The molecule has 0 radical (unpaired) electrons. The maximum Gasteiger partial charge on any atom is 0.133 e. The van der Waals surface area contributed by atoms with Gasteiger partial charge in [-0.25, -0.2) is 4.68 Å². The second-order valence-electron chi connectivity index (χ2n) is 6.11. The maximum absolute atomic E-state index is 6.20. The van der Waals surface area contributed by atoms with Crippen molar-refractivity contribution >= 4 is 40.6 Å². The maximum atomic E-state index is 6.20. The van der Waals surface area contributed by atoms with E-state index in [4.69, 9.17) is 39.9 Å². The van der Waals surface area contributed by atoms with Crippen LogP contribution in [-0.2, 0) is 6.42 Å². The highest BCUT2D eigenvalue weighted by atomic mass is 35.5. The Hall–Kier alpha value is -1.68. The van der Waals surface area contributed by atoms with Crippen LogP contribution in [0, 0.1) is 0 Å². The first kappa shape index (κ1) is 16.8. The average molecular weight is 393 g/mol. The minimum Gasteiger partial charge on any atom is -0.370 e. The molecule has 3 nitrogen and oxygen atoms in total. The fourth-order valence-electron chi connectivity index (χ4n) is 3.19. The van der Waals surface area contributed by atoms with E-state index in [0.717, 1.165) is 48.6 Å². The van der Waals surface area contributed by atoms with E-state index < -0.39 is 0 Å². The van der Waals surface area contributed by atoms with Crippen LogP contribution in [0.2, 0.25) is 15.1 Å². The first-order chi connectivity index (χ1) is 12.1. The first-order valence-corrected chi connectivity index (χ1v) is 9.33. The quantitative estimate of drug-likeness (QED) is 0.559. The predicted molar refractivity (Wildman–Crippen MR) is 105 cm³/mol. The third kappa shape index (κ3) is 3.37. The molecule has 4 rings (SSSR count). The number of nitrogens with zero attached hydrogens (tertiary/aromatic N) is 2. The van der Waals surface area contributed by atoms with Crippen molar-refractivity contribution in [1.29, 1.82) is 0 Å². The molecule has 0 amide bonds. The van der Waals surface area contributed by atoms with Crippen molar-refractivity contribution in [2.45, 2.75) is 19.3 Å². The van der Waals surface area contributed by atoms with Crippen molar-refractivity contribution in [3.63, 3.8) is 0 Å². The normalized spacial score (nSPS) is 13.9. The monoisotopic (exact) mass is 391 g/mol. The van der Waals surface area contributed by atoms with Gasteiger partial charge in [0.1, 0.15) is 5.82 Å². The highest BCUT2D eigenvalue weighted by Gasteiger charge is 2.22. The van der Waals surface area contributed by atoms with Gasteiger partial charge in [0.25, 0.3) is 0 Å². The number of fused-ring (bicyclic) bond motifs is 1. The Labute approximate surface area is 161 Å². The molecule has 0 aliphatic carbocycles. The second kappa shape index (κ2) is 6.91. The van der Waals surface area contributed by atoms with Gasteiger partial charge in [-0.1, -0.05) is 46.9 Å². The molecule has 1 aliphatic heterocycles. The van der Waals surface area contributed by atoms with E-state index in [1.807, 2.05) is 41.1 Å². The highest BCUT2D eigenvalue weighted by molar-refractivity contribution is 6.34. The van der Waals surface area contributed by atoms with Gasteiger partial charge in [-0.2, -0.15) is 5.10 Å². The molecule has 6 heteroatoms. The topological polar surface area (TPSA) is 29.9 Å². The van der Waals surface area contributed by atoms with Crippen LogP contribution in [0.3, 0.4) is 0 Å². The molecule has 25 heavy (non-hydrogen) atoms. The summed E-state index contributed by atoms with van der Waals surface area (Å²) in [6, 6.07) is 13.3. The predicted octanol–water partition coefficient (Wildman–Crippen LogP) is 6.25. The van der Waals surface area contributed by atoms with Crippen LogP contribution in [0.25, 0.3) is 16.9 Å². The summed E-state index contributed by atoms with van der Waals surface area (Å²) in [5.41, 5.74) is 4.09. The molecule has 0 saturated carbocycles. The van der Waals surface area contributed by atoms with Crippen LogP contribution in [-0.4, -0.2) is 16.3 Å². The number of halogens is 3. The van der Waals surface area contributed by atoms with Gasteiger partial charge < -0.3 is 5.32 Å². The zero-order valence-corrected chi connectivity index (χ0v) is 15.7. The lowest BCUT2D eigenvalue weighted by atomic mass is 10.0. The summed E-state index contributed by atoms with van der Waals surface area (Å²) in [5.74, 6) is 1.01. The minimum atomic E-state index is 0.591. The van der Waals surface area contributed by atoms with Gasteiger partial charge in [-0.15, -0.1) is 0 Å². The summed E-state index contributed by atoms with van der Waals surface area (Å²) in [7, 11) is 0. The molecule has 2 heterocycles. The van der Waals surface area contributed by atoms with Crippen LogP contribution >= 0.6 is 34.8 Å². The van der Waals surface area contributed by atoms with E-state index in [1.54, 1.807) is 6.07 Å². The molecule has 1 aromatic heterocycles. The van der Waals surface area contributed by atoms with E-state index in [-0.39, 0.29) is 0 Å². The number of anilines is 1. The van der Waals surface area contributed by atoms with E-state index in [0.29, 0.717) is 15.1 Å². The lowest BCUT2D eigenvalue weighted by Crippen LogP contribution is -2.07. The van der Waals surface area contributed by atoms with Crippen LogP contribution in [0.15, 0.2) is 42.5 Å². The van der Waals surface area contributed by atoms with Crippen LogP contribution in [0.5, 0.6) is 0 Å². The lowest BCUT2D eigenvalue weighted by Gasteiger charge is -2.10. The fraction of sp³-hybridized carbons (Fsp3) is 0.211. The summed E-state index contributed by atoms with van der Waals surface area (Å²) < 4.78 is 1.91. The molecule has 0 bridgehead atoms. The summed E-state index contributed by atoms with van der Waals surface area (Å²) in [5, 5.41) is 10.3. The molecular weight excluding hydrogens is 377 g/mol. The number of benzene rings is 2. The average Bonchev–Trinajstić information content (AvgIpc) is 2.77. The van der Waals surface area contributed by atoms with Gasteiger partial charge in [0.15, 0.2) is 0 Å². The number of rotatable bonds is 2. The molecule has 2 aromatic carbocycles. The van der Waals surface area contributed by atoms with Crippen molar-refractivity contribution in [2.75, 3.05) is 11.9 Å². The number of hydrogen-bond donors (Lipinski definition) is 1. The summed E-state index contributed by atoms with van der Waals surface area (Å²) in [6.45, 7) is 0.924.